The highest BCUT2D eigenvalue weighted by atomic mass is 14.9. The predicted octanol–water partition coefficient (Wildman–Crippen LogP) is 1.99. The highest BCUT2D eigenvalue weighted by Gasteiger charge is 2.08. The van der Waals surface area contributed by atoms with Crippen LogP contribution < -0.4 is 0 Å². The molecular weight excluding hydrogens is 136 g/mol. The third kappa shape index (κ3) is 2.15. The number of hydrogen-bond donors (Lipinski definition) is 0. The quantitative estimate of drug-likeness (QED) is 0.535. The topological polar surface area (TPSA) is 24.7 Å². The van der Waals surface area contributed by atoms with Gasteiger partial charge in [-0.2, -0.15) is 0 Å². The van der Waals surface area contributed by atoms with Crippen molar-refractivity contribution in [1.29, 1.82) is 0 Å². The lowest BCUT2D eigenvalue weighted by atomic mass is 10.1. The van der Waals surface area contributed by atoms with Crippen LogP contribution in [0.2, 0.25) is 0 Å². The van der Waals surface area contributed by atoms with E-state index >= 15 is 0 Å². The second kappa shape index (κ2) is 3.86. The molecule has 1 heterocycles. The van der Waals surface area contributed by atoms with Gasteiger partial charge in [0.1, 0.15) is 6.34 Å². The molecule has 1 unspecified atom stereocenters. The molecule has 2 nitrogen and oxygen atoms in total. The van der Waals surface area contributed by atoms with E-state index < -0.39 is 0 Å². The Labute approximate surface area is 67.1 Å². The van der Waals surface area contributed by atoms with Crippen molar-refractivity contribution in [3.05, 3.63) is 24.3 Å². The van der Waals surface area contributed by atoms with Crippen LogP contribution in [-0.4, -0.2) is 18.6 Å². The zero-order valence-electron chi connectivity index (χ0n) is 6.70. The Morgan fingerprint density at radius 1 is 1.73 bits per heavy atom. The first-order valence-corrected chi connectivity index (χ1v) is 3.69. The van der Waals surface area contributed by atoms with Gasteiger partial charge in [0.05, 0.1) is 6.04 Å². The van der Waals surface area contributed by atoms with Crippen LogP contribution in [0.4, 0.5) is 0 Å². The van der Waals surface area contributed by atoms with Crippen LogP contribution in [0.3, 0.4) is 0 Å². The minimum atomic E-state index is 0.212. The molecule has 0 N–H and O–H groups in total. The normalized spacial score (nSPS) is 23.4. The molecule has 1 rings (SSSR count). The van der Waals surface area contributed by atoms with Gasteiger partial charge >= 0.3 is 0 Å². The molecule has 2 heteroatoms. The molecule has 0 aliphatic carbocycles. The zero-order chi connectivity index (χ0) is 8.10. The SMILES string of the molecule is C=C1C=NC=NC1CC=CC. The number of nitrogens with zero attached hydrogens (tertiary/aromatic N) is 2. The standard InChI is InChI=1S/C9H12N2/c1-3-4-5-9-8(2)6-10-7-11-9/h3-4,6-7,9H,2,5H2,1H3. The van der Waals surface area contributed by atoms with Gasteiger partial charge in [-0.1, -0.05) is 18.7 Å². The third-order valence-corrected chi connectivity index (χ3v) is 1.58. The summed E-state index contributed by atoms with van der Waals surface area (Å²) >= 11 is 0. The van der Waals surface area contributed by atoms with Gasteiger partial charge in [-0.3, -0.25) is 4.99 Å². The zero-order valence-corrected chi connectivity index (χ0v) is 6.70. The molecule has 0 spiro atoms. The van der Waals surface area contributed by atoms with E-state index in [-0.39, 0.29) is 6.04 Å². The van der Waals surface area contributed by atoms with Gasteiger partial charge in [0, 0.05) is 6.21 Å². The summed E-state index contributed by atoms with van der Waals surface area (Å²) in [6.07, 6.45) is 8.39. The van der Waals surface area contributed by atoms with Gasteiger partial charge in [0.2, 0.25) is 0 Å². The molecule has 11 heavy (non-hydrogen) atoms. The summed E-state index contributed by atoms with van der Waals surface area (Å²) in [5, 5.41) is 0. The van der Waals surface area contributed by atoms with Crippen LogP contribution in [0, 0.1) is 0 Å². The van der Waals surface area contributed by atoms with Crippen molar-refractivity contribution in [2.75, 3.05) is 0 Å². The largest absolute Gasteiger partial charge is 0.265 e. The Morgan fingerprint density at radius 2 is 2.55 bits per heavy atom. The van der Waals surface area contributed by atoms with E-state index in [2.05, 4.69) is 22.6 Å². The Balaban J connectivity index is 2.52. The maximum Gasteiger partial charge on any atom is 0.110 e. The number of rotatable bonds is 2. The van der Waals surface area contributed by atoms with Crippen LogP contribution >= 0.6 is 0 Å². The fourth-order valence-corrected chi connectivity index (χ4v) is 0.907. The van der Waals surface area contributed by atoms with Crippen LogP contribution in [0.15, 0.2) is 34.3 Å². The Hall–Kier alpha value is -1.18. The molecule has 1 aliphatic rings. The Bertz CT molecular complexity index is 224. The van der Waals surface area contributed by atoms with E-state index in [1.54, 1.807) is 12.6 Å². The molecule has 0 saturated heterocycles. The van der Waals surface area contributed by atoms with E-state index in [4.69, 9.17) is 0 Å². The molecule has 0 fully saturated rings. The fraction of sp³-hybridized carbons (Fsp3) is 0.333. The summed E-state index contributed by atoms with van der Waals surface area (Å²) in [4.78, 5) is 8.05. The Morgan fingerprint density at radius 3 is 3.18 bits per heavy atom. The van der Waals surface area contributed by atoms with Gasteiger partial charge in [-0.25, -0.2) is 4.99 Å². The van der Waals surface area contributed by atoms with E-state index in [1.807, 2.05) is 13.0 Å². The van der Waals surface area contributed by atoms with Gasteiger partial charge < -0.3 is 0 Å². The summed E-state index contributed by atoms with van der Waals surface area (Å²) in [6, 6.07) is 0.212. The molecule has 0 saturated carbocycles. The lowest BCUT2D eigenvalue weighted by molar-refractivity contribution is 0.815. The van der Waals surface area contributed by atoms with Crippen LogP contribution in [-0.2, 0) is 0 Å². The van der Waals surface area contributed by atoms with Gasteiger partial charge in [-0.05, 0) is 18.9 Å². The van der Waals surface area contributed by atoms with E-state index in [0.29, 0.717) is 0 Å². The minimum Gasteiger partial charge on any atom is -0.265 e. The second-order valence-electron chi connectivity index (χ2n) is 2.44. The van der Waals surface area contributed by atoms with E-state index in [1.165, 1.54) is 0 Å². The van der Waals surface area contributed by atoms with Crippen molar-refractivity contribution in [3.63, 3.8) is 0 Å². The first-order valence-electron chi connectivity index (χ1n) is 3.69. The summed E-state index contributed by atoms with van der Waals surface area (Å²) in [5.74, 6) is 0. The summed E-state index contributed by atoms with van der Waals surface area (Å²) in [5.41, 5.74) is 0.991. The smallest absolute Gasteiger partial charge is 0.110 e. The van der Waals surface area contributed by atoms with Gasteiger partial charge in [0.25, 0.3) is 0 Å². The summed E-state index contributed by atoms with van der Waals surface area (Å²) in [7, 11) is 0. The molecular formula is C9H12N2. The van der Waals surface area contributed by atoms with Crippen molar-refractivity contribution >= 4 is 12.6 Å². The maximum atomic E-state index is 4.17. The number of aliphatic imine (C=N–C) groups is 2. The lowest BCUT2D eigenvalue weighted by Gasteiger charge is -2.11. The molecule has 0 bridgehead atoms. The molecule has 1 aliphatic heterocycles. The molecule has 0 aromatic rings. The van der Waals surface area contributed by atoms with Gasteiger partial charge in [-0.15, -0.1) is 0 Å². The molecule has 0 aromatic heterocycles. The van der Waals surface area contributed by atoms with Crippen molar-refractivity contribution in [3.8, 4) is 0 Å². The highest BCUT2D eigenvalue weighted by molar-refractivity contribution is 5.88. The number of allylic oxidation sites excluding steroid dienone is 1. The monoisotopic (exact) mass is 148 g/mol. The first kappa shape index (κ1) is 7.92. The molecule has 0 aromatic carbocycles. The average molecular weight is 148 g/mol. The van der Waals surface area contributed by atoms with E-state index in [9.17, 15) is 0 Å². The maximum absolute atomic E-state index is 4.17. The third-order valence-electron chi connectivity index (χ3n) is 1.58. The predicted molar refractivity (Wildman–Crippen MR) is 49.3 cm³/mol. The molecule has 1 atom stereocenters. The van der Waals surface area contributed by atoms with Crippen molar-refractivity contribution < 1.29 is 0 Å². The minimum absolute atomic E-state index is 0.212. The van der Waals surface area contributed by atoms with Crippen molar-refractivity contribution in [2.45, 2.75) is 19.4 Å². The van der Waals surface area contributed by atoms with E-state index in [0.717, 1.165) is 12.0 Å². The van der Waals surface area contributed by atoms with Gasteiger partial charge in [0.15, 0.2) is 0 Å². The highest BCUT2D eigenvalue weighted by Crippen LogP contribution is 2.10. The van der Waals surface area contributed by atoms with Crippen molar-refractivity contribution in [2.24, 2.45) is 9.98 Å². The van der Waals surface area contributed by atoms with Crippen LogP contribution in [0.25, 0.3) is 0 Å². The van der Waals surface area contributed by atoms with Crippen molar-refractivity contribution in [1.82, 2.24) is 0 Å². The fourth-order valence-electron chi connectivity index (χ4n) is 0.907. The second-order valence-corrected chi connectivity index (χ2v) is 2.44. The summed E-state index contributed by atoms with van der Waals surface area (Å²) < 4.78 is 0. The number of hydrogen-bond acceptors (Lipinski definition) is 2. The van der Waals surface area contributed by atoms with Crippen LogP contribution in [0.5, 0.6) is 0 Å². The first-order chi connectivity index (χ1) is 5.34. The average Bonchev–Trinajstić information content (AvgIpc) is 2.03. The Kier molecular flexibility index (Phi) is 2.78. The molecule has 58 valence electrons. The molecule has 0 radical (unpaired) electrons. The summed E-state index contributed by atoms with van der Waals surface area (Å²) in [6.45, 7) is 5.85. The van der Waals surface area contributed by atoms with Crippen LogP contribution in [0.1, 0.15) is 13.3 Å². The molecule has 0 amide bonds. The lowest BCUT2D eigenvalue weighted by Crippen LogP contribution is -2.10.